The molecule has 1 unspecified atom stereocenters. The molecular formula is C30H41N3O10. The van der Waals surface area contributed by atoms with Crippen molar-refractivity contribution in [3.05, 3.63) is 29.3 Å². The van der Waals surface area contributed by atoms with Gasteiger partial charge >= 0.3 is 5.97 Å². The molecule has 0 aliphatic carbocycles. The first kappa shape index (κ1) is 33.8. The van der Waals surface area contributed by atoms with E-state index in [2.05, 4.69) is 10.6 Å². The molecule has 13 nitrogen and oxygen atoms in total. The normalized spacial score (nSPS) is 16.7. The van der Waals surface area contributed by atoms with Crippen LogP contribution in [-0.4, -0.2) is 91.7 Å². The first-order valence-electron chi connectivity index (χ1n) is 14.6. The second-order valence-electron chi connectivity index (χ2n) is 11.2. The number of imide groups is 2. The number of rotatable bonds is 17. The summed E-state index contributed by atoms with van der Waals surface area (Å²) >= 11 is 0. The molecule has 1 saturated heterocycles. The molecule has 5 amide bonds. The highest BCUT2D eigenvalue weighted by atomic mass is 16.6. The molecule has 0 spiro atoms. The number of nitrogens with zero attached hydrogens (tertiary/aromatic N) is 1. The summed E-state index contributed by atoms with van der Waals surface area (Å²) in [5.74, 6) is -3.02. The number of piperidine rings is 1. The smallest absolute Gasteiger partial charge is 0.308 e. The summed E-state index contributed by atoms with van der Waals surface area (Å²) in [7, 11) is 0. The molecule has 2 heterocycles. The summed E-state index contributed by atoms with van der Waals surface area (Å²) in [6.45, 7) is 7.87. The number of carbonyl (C=O) groups is 6. The van der Waals surface area contributed by atoms with E-state index in [0.717, 1.165) is 17.7 Å². The van der Waals surface area contributed by atoms with E-state index < -0.39 is 35.3 Å². The summed E-state index contributed by atoms with van der Waals surface area (Å²) in [5.41, 5.74) is -0.128. The van der Waals surface area contributed by atoms with Gasteiger partial charge in [0, 0.05) is 19.4 Å². The van der Waals surface area contributed by atoms with E-state index in [0.29, 0.717) is 39.5 Å². The molecule has 0 saturated carbocycles. The van der Waals surface area contributed by atoms with E-state index in [1.54, 1.807) is 12.1 Å². The Morgan fingerprint density at radius 1 is 0.884 bits per heavy atom. The van der Waals surface area contributed by atoms with Crippen LogP contribution in [0, 0.1) is 0 Å². The molecule has 3 rings (SSSR count). The van der Waals surface area contributed by atoms with Crippen molar-refractivity contribution < 1.29 is 47.7 Å². The first-order chi connectivity index (χ1) is 20.5. The highest BCUT2D eigenvalue weighted by molar-refractivity contribution is 6.26. The summed E-state index contributed by atoms with van der Waals surface area (Å²) in [6, 6.07) is 3.51. The second kappa shape index (κ2) is 16.2. The number of ether oxygens (including phenoxy) is 4. The molecule has 0 radical (unpaired) electrons. The lowest BCUT2D eigenvalue weighted by Gasteiger charge is -2.27. The molecule has 1 aromatic carbocycles. The van der Waals surface area contributed by atoms with E-state index in [1.807, 2.05) is 20.8 Å². The van der Waals surface area contributed by atoms with Gasteiger partial charge in [-0.05, 0) is 52.2 Å². The highest BCUT2D eigenvalue weighted by Gasteiger charge is 2.45. The van der Waals surface area contributed by atoms with Crippen LogP contribution in [0.15, 0.2) is 18.2 Å². The quantitative estimate of drug-likeness (QED) is 0.153. The average Bonchev–Trinajstić information content (AvgIpc) is 3.18. The van der Waals surface area contributed by atoms with Gasteiger partial charge in [0.05, 0.1) is 56.3 Å². The average molecular weight is 604 g/mol. The number of anilines is 1. The fourth-order valence-electron chi connectivity index (χ4n) is 4.59. The lowest BCUT2D eigenvalue weighted by Crippen LogP contribution is -2.54. The Kier molecular flexibility index (Phi) is 12.8. The number of hydrogen-bond donors (Lipinski definition) is 2. The number of unbranched alkanes of at least 4 members (excludes halogenated alkanes) is 2. The zero-order chi connectivity index (χ0) is 31.4. The Bertz CT molecular complexity index is 1190. The number of benzene rings is 1. The maximum absolute atomic E-state index is 13.1. The highest BCUT2D eigenvalue weighted by Crippen LogP contribution is 2.32. The van der Waals surface area contributed by atoms with Crippen LogP contribution in [0.2, 0.25) is 0 Å². The predicted molar refractivity (Wildman–Crippen MR) is 153 cm³/mol. The zero-order valence-electron chi connectivity index (χ0n) is 25.0. The molecule has 0 bridgehead atoms. The fourth-order valence-corrected chi connectivity index (χ4v) is 4.59. The van der Waals surface area contributed by atoms with E-state index in [9.17, 15) is 28.8 Å². The Hall–Kier alpha value is -3.68. The van der Waals surface area contributed by atoms with Crippen molar-refractivity contribution in [2.24, 2.45) is 0 Å². The van der Waals surface area contributed by atoms with Gasteiger partial charge in [-0.15, -0.1) is 0 Å². The van der Waals surface area contributed by atoms with Gasteiger partial charge in [0.1, 0.15) is 11.6 Å². The van der Waals surface area contributed by atoms with Crippen molar-refractivity contribution in [2.45, 2.75) is 77.4 Å². The van der Waals surface area contributed by atoms with E-state index in [4.69, 9.17) is 18.9 Å². The van der Waals surface area contributed by atoms with Crippen LogP contribution < -0.4 is 10.6 Å². The van der Waals surface area contributed by atoms with Gasteiger partial charge < -0.3 is 24.3 Å². The minimum absolute atomic E-state index is 0.0293. The largest absolute Gasteiger partial charge is 0.460 e. The SMILES string of the molecule is CC(C)(C)OC(=O)CCOCCOCCOCCCCCC(=O)Nc1cccc2c1C(=O)N(C1CCC(=O)NC1=O)C2=O. The number of nitrogens with one attached hydrogen (secondary N) is 2. The zero-order valence-corrected chi connectivity index (χ0v) is 25.0. The number of hydrogen-bond acceptors (Lipinski definition) is 10. The van der Waals surface area contributed by atoms with Crippen LogP contribution in [0.5, 0.6) is 0 Å². The molecule has 1 atom stereocenters. The summed E-state index contributed by atoms with van der Waals surface area (Å²) < 4.78 is 21.5. The van der Waals surface area contributed by atoms with Gasteiger partial charge in [0.2, 0.25) is 17.7 Å². The fraction of sp³-hybridized carbons (Fsp3) is 0.600. The minimum Gasteiger partial charge on any atom is -0.460 e. The van der Waals surface area contributed by atoms with Gasteiger partial charge in [0.15, 0.2) is 0 Å². The number of fused-ring (bicyclic) bond motifs is 1. The van der Waals surface area contributed by atoms with Crippen molar-refractivity contribution in [1.29, 1.82) is 0 Å². The third kappa shape index (κ3) is 10.5. The van der Waals surface area contributed by atoms with Crippen LogP contribution in [0.1, 0.15) is 86.4 Å². The van der Waals surface area contributed by atoms with E-state index in [-0.39, 0.29) is 61.0 Å². The van der Waals surface area contributed by atoms with Crippen LogP contribution in [0.25, 0.3) is 0 Å². The molecule has 2 aliphatic rings. The number of carbonyl (C=O) groups excluding carboxylic acids is 6. The third-order valence-corrected chi connectivity index (χ3v) is 6.55. The van der Waals surface area contributed by atoms with Gasteiger partial charge in [-0.2, -0.15) is 0 Å². The van der Waals surface area contributed by atoms with E-state index >= 15 is 0 Å². The van der Waals surface area contributed by atoms with Crippen molar-refractivity contribution in [3.8, 4) is 0 Å². The van der Waals surface area contributed by atoms with Crippen LogP contribution in [-0.2, 0) is 38.1 Å². The van der Waals surface area contributed by atoms with Crippen molar-refractivity contribution in [3.63, 3.8) is 0 Å². The maximum atomic E-state index is 13.1. The molecule has 1 aromatic rings. The summed E-state index contributed by atoms with van der Waals surface area (Å²) in [6.07, 6.45) is 2.63. The number of amides is 5. The van der Waals surface area contributed by atoms with Gasteiger partial charge in [-0.25, -0.2) is 0 Å². The Morgan fingerprint density at radius 2 is 1.56 bits per heavy atom. The molecule has 43 heavy (non-hydrogen) atoms. The predicted octanol–water partition coefficient (Wildman–Crippen LogP) is 2.37. The second-order valence-corrected chi connectivity index (χ2v) is 11.2. The molecule has 2 aliphatic heterocycles. The molecule has 13 heteroatoms. The first-order valence-corrected chi connectivity index (χ1v) is 14.6. The van der Waals surface area contributed by atoms with E-state index in [1.165, 1.54) is 6.07 Å². The van der Waals surface area contributed by atoms with Crippen LogP contribution in [0.3, 0.4) is 0 Å². The molecule has 236 valence electrons. The number of esters is 1. The molecule has 1 fully saturated rings. The van der Waals surface area contributed by atoms with Crippen LogP contribution in [0.4, 0.5) is 5.69 Å². The molecule has 0 aromatic heterocycles. The van der Waals surface area contributed by atoms with Crippen LogP contribution >= 0.6 is 0 Å². The van der Waals surface area contributed by atoms with Crippen molar-refractivity contribution in [2.75, 3.05) is 45.0 Å². The van der Waals surface area contributed by atoms with Gasteiger partial charge in [0.25, 0.3) is 11.8 Å². The van der Waals surface area contributed by atoms with Gasteiger partial charge in [-0.1, -0.05) is 12.5 Å². The molecule has 2 N–H and O–H groups in total. The summed E-state index contributed by atoms with van der Waals surface area (Å²) in [4.78, 5) is 74.8. The Balaban J connectivity index is 1.25. The lowest BCUT2D eigenvalue weighted by molar-refractivity contribution is -0.156. The topological polar surface area (TPSA) is 167 Å². The maximum Gasteiger partial charge on any atom is 0.308 e. The Labute approximate surface area is 250 Å². The third-order valence-electron chi connectivity index (χ3n) is 6.55. The molecular weight excluding hydrogens is 562 g/mol. The minimum atomic E-state index is -1.07. The lowest BCUT2D eigenvalue weighted by atomic mass is 10.0. The Morgan fingerprint density at radius 3 is 2.23 bits per heavy atom. The standard InChI is InChI=1S/C30H41N3O10/c1-30(2,3)43-25(36)13-15-41-17-19-42-18-16-40-14-6-4-5-10-23(34)31-21-9-7-8-20-26(21)29(39)33(28(20)38)22-11-12-24(35)32-27(22)37/h7-9,22H,4-6,10-19H2,1-3H3,(H,31,34)(H,32,35,37). The summed E-state index contributed by atoms with van der Waals surface area (Å²) in [5, 5.41) is 4.88. The van der Waals surface area contributed by atoms with Crippen molar-refractivity contribution >= 4 is 41.2 Å². The van der Waals surface area contributed by atoms with Gasteiger partial charge in [-0.3, -0.25) is 39.0 Å². The van der Waals surface area contributed by atoms with Crippen molar-refractivity contribution in [1.82, 2.24) is 10.2 Å². The monoisotopic (exact) mass is 603 g/mol.